The van der Waals surface area contributed by atoms with Crippen molar-refractivity contribution in [3.8, 4) is 0 Å². The Labute approximate surface area is 81.9 Å². The summed E-state index contributed by atoms with van der Waals surface area (Å²) in [6.07, 6.45) is 0. The van der Waals surface area contributed by atoms with Crippen molar-refractivity contribution in [3.05, 3.63) is 34.3 Å². The predicted octanol–water partition coefficient (Wildman–Crippen LogP) is 1.82. The van der Waals surface area contributed by atoms with Gasteiger partial charge in [0.05, 0.1) is 0 Å². The summed E-state index contributed by atoms with van der Waals surface area (Å²) in [7, 11) is 0. The van der Waals surface area contributed by atoms with Gasteiger partial charge in [-0.3, -0.25) is 0 Å². The Balaban J connectivity index is 2.77. The molecule has 13 heavy (non-hydrogen) atoms. The molecule has 70 valence electrons. The molecule has 0 atom stereocenters. The third-order valence-corrected chi connectivity index (χ3v) is 2.24. The third kappa shape index (κ3) is 2.63. The Morgan fingerprint density at radius 2 is 2.31 bits per heavy atom. The average molecular weight is 199 g/mol. The second-order valence-corrected chi connectivity index (χ2v) is 3.15. The van der Waals surface area contributed by atoms with Crippen molar-refractivity contribution < 1.29 is 4.79 Å². The van der Waals surface area contributed by atoms with Crippen LogP contribution in [0.1, 0.15) is 11.1 Å². The Kier molecular flexibility index (Phi) is 3.14. The van der Waals surface area contributed by atoms with E-state index in [-0.39, 0.29) is 0 Å². The van der Waals surface area contributed by atoms with E-state index in [1.807, 2.05) is 25.1 Å². The van der Waals surface area contributed by atoms with Crippen LogP contribution in [0.25, 0.3) is 0 Å². The van der Waals surface area contributed by atoms with Gasteiger partial charge in [0.2, 0.25) is 0 Å². The van der Waals surface area contributed by atoms with E-state index in [0.717, 1.165) is 11.1 Å². The molecular formula is C9H11ClN2O. The molecule has 4 heteroatoms. The van der Waals surface area contributed by atoms with Gasteiger partial charge in [-0.25, -0.2) is 4.79 Å². The number of amides is 2. The molecule has 0 unspecified atom stereocenters. The van der Waals surface area contributed by atoms with Crippen LogP contribution in [0.2, 0.25) is 5.02 Å². The van der Waals surface area contributed by atoms with Gasteiger partial charge < -0.3 is 11.1 Å². The van der Waals surface area contributed by atoms with Crippen molar-refractivity contribution in [1.29, 1.82) is 0 Å². The molecule has 2 amide bonds. The van der Waals surface area contributed by atoms with E-state index in [0.29, 0.717) is 11.6 Å². The maximum Gasteiger partial charge on any atom is 0.312 e. The van der Waals surface area contributed by atoms with Gasteiger partial charge in [0.25, 0.3) is 0 Å². The van der Waals surface area contributed by atoms with Crippen LogP contribution >= 0.6 is 11.6 Å². The molecule has 0 bridgehead atoms. The van der Waals surface area contributed by atoms with Crippen molar-refractivity contribution in [1.82, 2.24) is 5.32 Å². The zero-order valence-corrected chi connectivity index (χ0v) is 8.06. The first-order chi connectivity index (χ1) is 6.11. The summed E-state index contributed by atoms with van der Waals surface area (Å²) >= 11 is 5.89. The summed E-state index contributed by atoms with van der Waals surface area (Å²) in [6, 6.07) is 5.02. The molecule has 0 aliphatic heterocycles. The van der Waals surface area contributed by atoms with Crippen LogP contribution < -0.4 is 11.1 Å². The molecule has 0 fully saturated rings. The SMILES string of the molecule is Cc1c(Cl)cccc1CNC(N)=O. The number of carbonyl (C=O) groups is 1. The first kappa shape index (κ1) is 9.86. The number of benzene rings is 1. The zero-order valence-electron chi connectivity index (χ0n) is 7.30. The molecule has 0 saturated carbocycles. The van der Waals surface area contributed by atoms with Crippen molar-refractivity contribution in [2.24, 2.45) is 5.73 Å². The molecule has 1 aromatic rings. The number of urea groups is 1. The van der Waals surface area contributed by atoms with E-state index in [2.05, 4.69) is 5.32 Å². The van der Waals surface area contributed by atoms with E-state index < -0.39 is 6.03 Å². The largest absolute Gasteiger partial charge is 0.352 e. The molecule has 0 heterocycles. The quantitative estimate of drug-likeness (QED) is 0.749. The fourth-order valence-electron chi connectivity index (χ4n) is 1.03. The Morgan fingerprint density at radius 1 is 1.62 bits per heavy atom. The number of carbonyl (C=O) groups excluding carboxylic acids is 1. The highest BCUT2D eigenvalue weighted by molar-refractivity contribution is 6.31. The van der Waals surface area contributed by atoms with Gasteiger partial charge in [-0.15, -0.1) is 0 Å². The zero-order chi connectivity index (χ0) is 9.84. The molecule has 1 aromatic carbocycles. The summed E-state index contributed by atoms with van der Waals surface area (Å²) in [4.78, 5) is 10.4. The first-order valence-electron chi connectivity index (χ1n) is 3.88. The van der Waals surface area contributed by atoms with Crippen LogP contribution in [0.5, 0.6) is 0 Å². The molecular weight excluding hydrogens is 188 g/mol. The molecule has 0 spiro atoms. The second kappa shape index (κ2) is 4.14. The van der Waals surface area contributed by atoms with Crippen molar-refractivity contribution in [2.45, 2.75) is 13.5 Å². The maximum atomic E-state index is 10.4. The highest BCUT2D eigenvalue weighted by atomic mass is 35.5. The number of hydrogen-bond donors (Lipinski definition) is 2. The van der Waals surface area contributed by atoms with Crippen LogP contribution in [0, 0.1) is 6.92 Å². The van der Waals surface area contributed by atoms with Gasteiger partial charge in [-0.05, 0) is 24.1 Å². The van der Waals surface area contributed by atoms with Gasteiger partial charge in [-0.2, -0.15) is 0 Å². The van der Waals surface area contributed by atoms with Crippen LogP contribution in [-0.4, -0.2) is 6.03 Å². The van der Waals surface area contributed by atoms with Gasteiger partial charge in [-0.1, -0.05) is 23.7 Å². The minimum atomic E-state index is -0.528. The molecule has 3 nitrogen and oxygen atoms in total. The van der Waals surface area contributed by atoms with E-state index in [1.165, 1.54) is 0 Å². The lowest BCUT2D eigenvalue weighted by Gasteiger charge is -2.06. The van der Waals surface area contributed by atoms with Crippen LogP contribution in [-0.2, 0) is 6.54 Å². The van der Waals surface area contributed by atoms with E-state index in [4.69, 9.17) is 17.3 Å². The summed E-state index contributed by atoms with van der Waals surface area (Å²) in [5, 5.41) is 3.21. The van der Waals surface area contributed by atoms with Gasteiger partial charge >= 0.3 is 6.03 Å². The summed E-state index contributed by atoms with van der Waals surface area (Å²) in [6.45, 7) is 2.32. The van der Waals surface area contributed by atoms with Gasteiger partial charge in [0.1, 0.15) is 0 Å². The van der Waals surface area contributed by atoms with E-state index >= 15 is 0 Å². The summed E-state index contributed by atoms with van der Waals surface area (Å²) < 4.78 is 0. The topological polar surface area (TPSA) is 55.1 Å². The summed E-state index contributed by atoms with van der Waals surface area (Å²) in [5.74, 6) is 0. The highest BCUT2D eigenvalue weighted by Crippen LogP contribution is 2.18. The van der Waals surface area contributed by atoms with E-state index in [1.54, 1.807) is 0 Å². The first-order valence-corrected chi connectivity index (χ1v) is 4.26. The van der Waals surface area contributed by atoms with Crippen molar-refractivity contribution >= 4 is 17.6 Å². The Bertz CT molecular complexity index is 325. The monoisotopic (exact) mass is 198 g/mol. The number of halogens is 1. The van der Waals surface area contributed by atoms with Crippen LogP contribution in [0.4, 0.5) is 4.79 Å². The Morgan fingerprint density at radius 3 is 2.92 bits per heavy atom. The lowest BCUT2D eigenvalue weighted by atomic mass is 10.1. The average Bonchev–Trinajstić information content (AvgIpc) is 2.07. The van der Waals surface area contributed by atoms with Gasteiger partial charge in [0.15, 0.2) is 0 Å². The number of nitrogens with two attached hydrogens (primary N) is 1. The molecule has 0 saturated heterocycles. The standard InChI is InChI=1S/C9H11ClN2O/c1-6-7(5-12-9(11)13)3-2-4-8(6)10/h2-4H,5H2,1H3,(H3,11,12,13). The number of rotatable bonds is 2. The maximum absolute atomic E-state index is 10.4. The van der Waals surface area contributed by atoms with E-state index in [9.17, 15) is 4.79 Å². The fourth-order valence-corrected chi connectivity index (χ4v) is 1.22. The minimum absolute atomic E-state index is 0.418. The normalized spacial score (nSPS) is 9.69. The second-order valence-electron chi connectivity index (χ2n) is 2.74. The summed E-state index contributed by atoms with van der Waals surface area (Å²) in [5.41, 5.74) is 6.89. The van der Waals surface area contributed by atoms with Crippen LogP contribution in [0.15, 0.2) is 18.2 Å². The number of nitrogens with one attached hydrogen (secondary N) is 1. The lowest BCUT2D eigenvalue weighted by molar-refractivity contribution is 0.248. The molecule has 0 aliphatic rings. The highest BCUT2D eigenvalue weighted by Gasteiger charge is 2.01. The molecule has 1 rings (SSSR count). The molecule has 0 aromatic heterocycles. The van der Waals surface area contributed by atoms with Crippen molar-refractivity contribution in [2.75, 3.05) is 0 Å². The lowest BCUT2D eigenvalue weighted by Crippen LogP contribution is -2.28. The smallest absolute Gasteiger partial charge is 0.312 e. The molecule has 0 radical (unpaired) electrons. The third-order valence-electron chi connectivity index (χ3n) is 1.83. The van der Waals surface area contributed by atoms with Crippen molar-refractivity contribution in [3.63, 3.8) is 0 Å². The number of hydrogen-bond acceptors (Lipinski definition) is 1. The fraction of sp³-hybridized carbons (Fsp3) is 0.222. The Hall–Kier alpha value is -1.22. The number of primary amides is 1. The molecule has 0 aliphatic carbocycles. The molecule has 3 N–H and O–H groups in total. The minimum Gasteiger partial charge on any atom is -0.352 e. The van der Waals surface area contributed by atoms with Gasteiger partial charge in [0, 0.05) is 11.6 Å². The van der Waals surface area contributed by atoms with Crippen LogP contribution in [0.3, 0.4) is 0 Å². The predicted molar refractivity (Wildman–Crippen MR) is 52.6 cm³/mol.